The van der Waals surface area contributed by atoms with Crippen molar-refractivity contribution in [1.82, 2.24) is 0 Å². The molecule has 1 unspecified atom stereocenters. The highest BCUT2D eigenvalue weighted by Gasteiger charge is 2.18. The molecule has 0 heterocycles. The number of ether oxygens (including phenoxy) is 3. The maximum Gasteiger partial charge on any atom is 0.160 e. The minimum Gasteiger partial charge on any atom is -0.374 e. The van der Waals surface area contributed by atoms with Gasteiger partial charge in [-0.25, -0.2) is 0 Å². The number of hydrogen-bond acceptors (Lipinski definition) is 3. The zero-order valence-corrected chi connectivity index (χ0v) is 11.6. The standard InChI is InChI=1S/C15H24O3/c1-4-16-14(13-10-8-7-9-11-13)12-15(17-5-2)18-6-3/h7-11,14-15H,4-6,12H2,1-3H3. The van der Waals surface area contributed by atoms with Crippen molar-refractivity contribution in [1.29, 1.82) is 0 Å². The van der Waals surface area contributed by atoms with Crippen LogP contribution in [0.5, 0.6) is 0 Å². The fourth-order valence-electron chi connectivity index (χ4n) is 1.90. The van der Waals surface area contributed by atoms with E-state index in [-0.39, 0.29) is 12.4 Å². The first-order valence-corrected chi connectivity index (χ1v) is 6.71. The van der Waals surface area contributed by atoms with Crippen LogP contribution in [0.4, 0.5) is 0 Å². The quantitative estimate of drug-likeness (QED) is 0.629. The van der Waals surface area contributed by atoms with Gasteiger partial charge in [-0.1, -0.05) is 30.3 Å². The maximum atomic E-state index is 5.79. The van der Waals surface area contributed by atoms with Crippen LogP contribution in [-0.4, -0.2) is 26.1 Å². The molecule has 0 spiro atoms. The molecule has 0 aliphatic carbocycles. The highest BCUT2D eigenvalue weighted by molar-refractivity contribution is 5.17. The predicted octanol–water partition coefficient (Wildman–Crippen LogP) is 3.55. The Hall–Kier alpha value is -0.900. The SMILES string of the molecule is CCOC(CC(OCC)c1ccccc1)OCC. The van der Waals surface area contributed by atoms with E-state index >= 15 is 0 Å². The molecule has 1 atom stereocenters. The lowest BCUT2D eigenvalue weighted by Crippen LogP contribution is -2.22. The van der Waals surface area contributed by atoms with Crippen LogP contribution in [0.1, 0.15) is 38.9 Å². The fourth-order valence-corrected chi connectivity index (χ4v) is 1.90. The zero-order chi connectivity index (χ0) is 13.2. The molecule has 0 amide bonds. The van der Waals surface area contributed by atoms with Crippen LogP contribution in [0.15, 0.2) is 30.3 Å². The molecular weight excluding hydrogens is 228 g/mol. The van der Waals surface area contributed by atoms with E-state index in [1.54, 1.807) is 0 Å². The van der Waals surface area contributed by atoms with Gasteiger partial charge in [0.2, 0.25) is 0 Å². The molecule has 0 saturated carbocycles. The summed E-state index contributed by atoms with van der Waals surface area (Å²) in [6.45, 7) is 7.95. The summed E-state index contributed by atoms with van der Waals surface area (Å²) in [6.07, 6.45) is 0.551. The smallest absolute Gasteiger partial charge is 0.160 e. The molecule has 0 aromatic heterocycles. The Morgan fingerprint density at radius 1 is 0.833 bits per heavy atom. The van der Waals surface area contributed by atoms with Gasteiger partial charge in [-0.3, -0.25) is 0 Å². The molecule has 3 heteroatoms. The summed E-state index contributed by atoms with van der Waals surface area (Å²) >= 11 is 0. The Bertz CT molecular complexity index is 294. The lowest BCUT2D eigenvalue weighted by molar-refractivity contribution is -0.158. The molecule has 0 aliphatic rings. The van der Waals surface area contributed by atoms with Gasteiger partial charge < -0.3 is 14.2 Å². The summed E-state index contributed by atoms with van der Waals surface area (Å²) in [4.78, 5) is 0. The highest BCUT2D eigenvalue weighted by atomic mass is 16.7. The fraction of sp³-hybridized carbons (Fsp3) is 0.600. The molecule has 0 bridgehead atoms. The van der Waals surface area contributed by atoms with Crippen LogP contribution in [0.3, 0.4) is 0 Å². The second-order valence-corrected chi connectivity index (χ2v) is 3.93. The van der Waals surface area contributed by atoms with E-state index in [4.69, 9.17) is 14.2 Å². The Labute approximate surface area is 110 Å². The van der Waals surface area contributed by atoms with Crippen molar-refractivity contribution in [3.8, 4) is 0 Å². The summed E-state index contributed by atoms with van der Waals surface area (Å²) in [7, 11) is 0. The average Bonchev–Trinajstić information content (AvgIpc) is 2.40. The normalized spacial score (nSPS) is 12.9. The van der Waals surface area contributed by atoms with Crippen molar-refractivity contribution >= 4 is 0 Å². The molecule has 1 rings (SSSR count). The van der Waals surface area contributed by atoms with Gasteiger partial charge in [0.1, 0.15) is 0 Å². The summed E-state index contributed by atoms with van der Waals surface area (Å²) in [6, 6.07) is 10.2. The van der Waals surface area contributed by atoms with Crippen molar-refractivity contribution in [2.75, 3.05) is 19.8 Å². The molecule has 1 aromatic rings. The van der Waals surface area contributed by atoms with Crippen molar-refractivity contribution in [3.05, 3.63) is 35.9 Å². The van der Waals surface area contributed by atoms with E-state index in [1.165, 1.54) is 5.56 Å². The van der Waals surface area contributed by atoms with Crippen LogP contribution in [0, 0.1) is 0 Å². The van der Waals surface area contributed by atoms with Gasteiger partial charge in [-0.15, -0.1) is 0 Å². The highest BCUT2D eigenvalue weighted by Crippen LogP contribution is 2.24. The van der Waals surface area contributed by atoms with E-state index in [0.717, 1.165) is 6.42 Å². The summed E-state index contributed by atoms with van der Waals surface area (Å²) in [5.74, 6) is 0. The molecule has 1 aromatic carbocycles. The molecule has 0 radical (unpaired) electrons. The van der Waals surface area contributed by atoms with Crippen molar-refractivity contribution in [2.45, 2.75) is 39.6 Å². The van der Waals surface area contributed by atoms with Gasteiger partial charge in [0.25, 0.3) is 0 Å². The average molecular weight is 252 g/mol. The molecule has 18 heavy (non-hydrogen) atoms. The largest absolute Gasteiger partial charge is 0.374 e. The van der Waals surface area contributed by atoms with Gasteiger partial charge in [0.15, 0.2) is 6.29 Å². The molecule has 0 aliphatic heterocycles. The van der Waals surface area contributed by atoms with E-state index in [1.807, 2.05) is 39.0 Å². The lowest BCUT2D eigenvalue weighted by Gasteiger charge is -2.23. The van der Waals surface area contributed by atoms with Gasteiger partial charge in [-0.2, -0.15) is 0 Å². The summed E-state index contributed by atoms with van der Waals surface area (Å²) < 4.78 is 16.9. The maximum absolute atomic E-state index is 5.79. The number of rotatable bonds is 9. The second kappa shape index (κ2) is 9.09. The van der Waals surface area contributed by atoms with Crippen molar-refractivity contribution in [2.24, 2.45) is 0 Å². The third-order valence-corrected chi connectivity index (χ3v) is 2.65. The molecule has 0 saturated heterocycles. The van der Waals surface area contributed by atoms with Crippen LogP contribution in [0.25, 0.3) is 0 Å². The minimum atomic E-state index is -0.197. The van der Waals surface area contributed by atoms with E-state index in [9.17, 15) is 0 Å². The Balaban J connectivity index is 2.66. The molecule has 0 fully saturated rings. The minimum absolute atomic E-state index is 0.0271. The van der Waals surface area contributed by atoms with Gasteiger partial charge in [0, 0.05) is 26.2 Å². The Kier molecular flexibility index (Phi) is 7.65. The second-order valence-electron chi connectivity index (χ2n) is 3.93. The van der Waals surface area contributed by atoms with Gasteiger partial charge in [-0.05, 0) is 26.3 Å². The topological polar surface area (TPSA) is 27.7 Å². The van der Waals surface area contributed by atoms with E-state index < -0.39 is 0 Å². The Morgan fingerprint density at radius 3 is 1.89 bits per heavy atom. The van der Waals surface area contributed by atoms with Crippen LogP contribution in [0.2, 0.25) is 0 Å². The molecule has 0 N–H and O–H groups in total. The first kappa shape index (κ1) is 15.2. The first-order chi connectivity index (χ1) is 8.81. The van der Waals surface area contributed by atoms with Crippen LogP contribution >= 0.6 is 0 Å². The van der Waals surface area contributed by atoms with Crippen LogP contribution < -0.4 is 0 Å². The number of hydrogen-bond donors (Lipinski definition) is 0. The van der Waals surface area contributed by atoms with Crippen molar-refractivity contribution in [3.63, 3.8) is 0 Å². The summed E-state index contributed by atoms with van der Waals surface area (Å²) in [5, 5.41) is 0. The molecular formula is C15H24O3. The van der Waals surface area contributed by atoms with Crippen LogP contribution in [-0.2, 0) is 14.2 Å². The summed E-state index contributed by atoms with van der Waals surface area (Å²) in [5.41, 5.74) is 1.17. The van der Waals surface area contributed by atoms with Crippen molar-refractivity contribution < 1.29 is 14.2 Å². The Morgan fingerprint density at radius 2 is 1.39 bits per heavy atom. The lowest BCUT2D eigenvalue weighted by atomic mass is 10.1. The molecule has 102 valence electrons. The van der Waals surface area contributed by atoms with E-state index in [2.05, 4.69) is 12.1 Å². The zero-order valence-electron chi connectivity index (χ0n) is 11.6. The third kappa shape index (κ3) is 5.17. The monoisotopic (exact) mass is 252 g/mol. The van der Waals surface area contributed by atoms with Gasteiger partial charge in [0.05, 0.1) is 6.10 Å². The number of benzene rings is 1. The predicted molar refractivity (Wildman–Crippen MR) is 72.5 cm³/mol. The van der Waals surface area contributed by atoms with Gasteiger partial charge >= 0.3 is 0 Å². The molecule has 3 nitrogen and oxygen atoms in total. The first-order valence-electron chi connectivity index (χ1n) is 6.71. The van der Waals surface area contributed by atoms with E-state index in [0.29, 0.717) is 19.8 Å². The third-order valence-electron chi connectivity index (χ3n) is 2.65.